The lowest BCUT2D eigenvalue weighted by Crippen LogP contribution is -2.47. The number of carbonyl (C=O) groups is 1. The normalized spacial score (nSPS) is 17.5. The van der Waals surface area contributed by atoms with Crippen molar-refractivity contribution >= 4 is 17.5 Å². The Kier molecular flexibility index (Phi) is 5.56. The van der Waals surface area contributed by atoms with Gasteiger partial charge in [-0.2, -0.15) is 0 Å². The fourth-order valence-electron chi connectivity index (χ4n) is 2.68. The number of benzene rings is 1. The summed E-state index contributed by atoms with van der Waals surface area (Å²) in [4.78, 5) is 12.1. The monoisotopic (exact) mass is 314 g/mol. The Morgan fingerprint density at radius 2 is 2.19 bits per heavy atom. The van der Waals surface area contributed by atoms with Crippen molar-refractivity contribution in [1.29, 1.82) is 0 Å². The summed E-state index contributed by atoms with van der Waals surface area (Å²) in [7, 11) is 1.66. The molecule has 4 nitrogen and oxygen atoms in total. The highest BCUT2D eigenvalue weighted by atomic mass is 35.5. The molecular weight excluding hydrogens is 295 g/mol. The van der Waals surface area contributed by atoms with Gasteiger partial charge in [0.05, 0.1) is 17.2 Å². The number of nitrogens with one attached hydrogen (secondary N) is 2. The number of hydrogen-bond acceptors (Lipinski definition) is 3. The van der Waals surface area contributed by atoms with Crippen molar-refractivity contribution in [3.05, 3.63) is 34.6 Å². The highest BCUT2D eigenvalue weighted by Crippen LogP contribution is 2.28. The zero-order valence-electron chi connectivity index (χ0n) is 12.0. The highest BCUT2D eigenvalue weighted by Gasteiger charge is 2.32. The van der Waals surface area contributed by atoms with Gasteiger partial charge in [-0.25, -0.2) is 4.39 Å². The second kappa shape index (κ2) is 7.20. The molecule has 1 aromatic carbocycles. The van der Waals surface area contributed by atoms with Crippen LogP contribution in [0.5, 0.6) is 0 Å². The SMILES string of the molecule is COCC1(CNC(=O)c2cccc(Cl)c2F)CCNCC1. The van der Waals surface area contributed by atoms with Crippen molar-refractivity contribution in [2.24, 2.45) is 5.41 Å². The van der Waals surface area contributed by atoms with E-state index in [2.05, 4.69) is 10.6 Å². The van der Waals surface area contributed by atoms with Crippen LogP contribution in [0.15, 0.2) is 18.2 Å². The molecule has 1 amide bonds. The van der Waals surface area contributed by atoms with E-state index in [9.17, 15) is 9.18 Å². The van der Waals surface area contributed by atoms with Crippen molar-refractivity contribution in [2.45, 2.75) is 12.8 Å². The average molecular weight is 315 g/mol. The molecule has 1 aromatic rings. The van der Waals surface area contributed by atoms with Gasteiger partial charge < -0.3 is 15.4 Å². The summed E-state index contributed by atoms with van der Waals surface area (Å²) in [5.74, 6) is -1.12. The number of amides is 1. The topological polar surface area (TPSA) is 50.4 Å². The number of halogens is 2. The van der Waals surface area contributed by atoms with Crippen LogP contribution in [0, 0.1) is 11.2 Å². The predicted molar refractivity (Wildman–Crippen MR) is 80.2 cm³/mol. The molecule has 1 aliphatic heterocycles. The van der Waals surface area contributed by atoms with Crippen LogP contribution in [0.1, 0.15) is 23.2 Å². The third kappa shape index (κ3) is 3.93. The molecule has 1 saturated heterocycles. The summed E-state index contributed by atoms with van der Waals surface area (Å²) in [6.07, 6.45) is 1.83. The van der Waals surface area contributed by atoms with E-state index in [-0.39, 0.29) is 16.0 Å². The van der Waals surface area contributed by atoms with Gasteiger partial charge in [-0.05, 0) is 38.1 Å². The van der Waals surface area contributed by atoms with Crippen LogP contribution in [0.2, 0.25) is 5.02 Å². The van der Waals surface area contributed by atoms with Gasteiger partial charge in [-0.3, -0.25) is 4.79 Å². The second-order valence-corrected chi connectivity index (χ2v) is 5.87. The van der Waals surface area contributed by atoms with E-state index >= 15 is 0 Å². The van der Waals surface area contributed by atoms with Crippen molar-refractivity contribution in [2.75, 3.05) is 33.4 Å². The minimum atomic E-state index is -0.678. The lowest BCUT2D eigenvalue weighted by atomic mass is 9.79. The summed E-state index contributed by atoms with van der Waals surface area (Å²) in [6.45, 7) is 2.83. The maximum atomic E-state index is 13.8. The smallest absolute Gasteiger partial charge is 0.254 e. The van der Waals surface area contributed by atoms with E-state index in [0.717, 1.165) is 25.9 Å². The Morgan fingerprint density at radius 1 is 1.48 bits per heavy atom. The van der Waals surface area contributed by atoms with Crippen LogP contribution in [0.3, 0.4) is 0 Å². The Balaban J connectivity index is 2.03. The summed E-state index contributed by atoms with van der Waals surface area (Å²) < 4.78 is 19.1. The van der Waals surface area contributed by atoms with Gasteiger partial charge in [0.1, 0.15) is 0 Å². The molecule has 0 atom stereocenters. The standard InChI is InChI=1S/C15H20ClFN2O2/c1-21-10-15(5-7-18-8-6-15)9-19-14(20)11-3-2-4-12(16)13(11)17/h2-4,18H,5-10H2,1H3,(H,19,20). The first kappa shape index (κ1) is 16.2. The van der Waals surface area contributed by atoms with Crippen molar-refractivity contribution in [3.8, 4) is 0 Å². The minimum absolute atomic E-state index is 0.0241. The highest BCUT2D eigenvalue weighted by molar-refractivity contribution is 6.31. The van der Waals surface area contributed by atoms with Crippen LogP contribution >= 0.6 is 11.6 Å². The number of rotatable bonds is 5. The van der Waals surface area contributed by atoms with Crippen molar-refractivity contribution in [1.82, 2.24) is 10.6 Å². The molecule has 2 N–H and O–H groups in total. The molecule has 0 aromatic heterocycles. The minimum Gasteiger partial charge on any atom is -0.384 e. The molecule has 0 radical (unpaired) electrons. The van der Waals surface area contributed by atoms with E-state index in [0.29, 0.717) is 13.2 Å². The first-order valence-electron chi connectivity index (χ1n) is 7.00. The number of ether oxygens (including phenoxy) is 1. The third-order valence-corrected chi connectivity index (χ3v) is 4.23. The number of piperidine rings is 1. The molecule has 2 rings (SSSR count). The van der Waals surface area contributed by atoms with Crippen LogP contribution in [0.4, 0.5) is 4.39 Å². The second-order valence-electron chi connectivity index (χ2n) is 5.47. The van der Waals surface area contributed by atoms with Gasteiger partial charge in [0.2, 0.25) is 0 Å². The summed E-state index contributed by atoms with van der Waals surface area (Å²) >= 11 is 5.70. The summed E-state index contributed by atoms with van der Waals surface area (Å²) in [6, 6.07) is 4.42. The van der Waals surface area contributed by atoms with E-state index in [4.69, 9.17) is 16.3 Å². The fourth-order valence-corrected chi connectivity index (χ4v) is 2.85. The molecule has 1 aliphatic rings. The van der Waals surface area contributed by atoms with Crippen LogP contribution in [-0.4, -0.2) is 39.3 Å². The number of methoxy groups -OCH3 is 1. The van der Waals surface area contributed by atoms with Crippen LogP contribution in [-0.2, 0) is 4.74 Å². The van der Waals surface area contributed by atoms with Crippen molar-refractivity contribution < 1.29 is 13.9 Å². The van der Waals surface area contributed by atoms with Crippen LogP contribution < -0.4 is 10.6 Å². The third-order valence-electron chi connectivity index (χ3n) is 3.93. The molecule has 0 saturated carbocycles. The zero-order valence-corrected chi connectivity index (χ0v) is 12.8. The fraction of sp³-hybridized carbons (Fsp3) is 0.533. The molecule has 116 valence electrons. The number of carbonyl (C=O) groups excluding carboxylic acids is 1. The van der Waals surface area contributed by atoms with E-state index in [1.54, 1.807) is 13.2 Å². The van der Waals surface area contributed by atoms with Crippen molar-refractivity contribution in [3.63, 3.8) is 0 Å². The Morgan fingerprint density at radius 3 is 2.86 bits per heavy atom. The number of hydrogen-bond donors (Lipinski definition) is 2. The van der Waals surface area contributed by atoms with Gasteiger partial charge in [0, 0.05) is 19.1 Å². The lowest BCUT2D eigenvalue weighted by molar-refractivity contribution is 0.0511. The maximum absolute atomic E-state index is 13.8. The molecule has 0 aliphatic carbocycles. The van der Waals surface area contributed by atoms with E-state index < -0.39 is 11.7 Å². The van der Waals surface area contributed by atoms with Gasteiger partial charge >= 0.3 is 0 Å². The molecule has 0 bridgehead atoms. The lowest BCUT2D eigenvalue weighted by Gasteiger charge is -2.37. The van der Waals surface area contributed by atoms with Gasteiger partial charge in [-0.1, -0.05) is 17.7 Å². The first-order chi connectivity index (χ1) is 10.1. The molecule has 0 unspecified atom stereocenters. The van der Waals surface area contributed by atoms with E-state index in [1.807, 2.05) is 0 Å². The Hall–Kier alpha value is -1.17. The first-order valence-corrected chi connectivity index (χ1v) is 7.38. The van der Waals surface area contributed by atoms with Gasteiger partial charge in [0.15, 0.2) is 5.82 Å². The molecular formula is C15H20ClFN2O2. The van der Waals surface area contributed by atoms with Gasteiger partial charge in [0.25, 0.3) is 5.91 Å². The Labute approximate surface area is 129 Å². The van der Waals surface area contributed by atoms with Gasteiger partial charge in [-0.15, -0.1) is 0 Å². The van der Waals surface area contributed by atoms with E-state index in [1.165, 1.54) is 12.1 Å². The summed E-state index contributed by atoms with van der Waals surface area (Å²) in [5, 5.41) is 6.06. The maximum Gasteiger partial charge on any atom is 0.254 e. The van der Waals surface area contributed by atoms with Crippen LogP contribution in [0.25, 0.3) is 0 Å². The summed E-state index contributed by atoms with van der Waals surface area (Å²) in [5.41, 5.74) is -0.117. The molecule has 6 heteroatoms. The predicted octanol–water partition coefficient (Wildman–Crippen LogP) is 2.23. The largest absolute Gasteiger partial charge is 0.384 e. The Bertz CT molecular complexity index is 499. The quantitative estimate of drug-likeness (QED) is 0.876. The molecule has 0 spiro atoms. The molecule has 1 heterocycles. The molecule has 21 heavy (non-hydrogen) atoms. The average Bonchev–Trinajstić information content (AvgIpc) is 2.49. The zero-order chi connectivity index (χ0) is 15.3. The molecule has 1 fully saturated rings.